The second-order valence-electron chi connectivity index (χ2n) is 15.0. The molecular formula is C42H54N8O9. The molecule has 0 radical (unpaired) electrons. The van der Waals surface area contributed by atoms with E-state index in [-0.39, 0.29) is 61.0 Å². The number of hydrogen-bond acceptors (Lipinski definition) is 13. The smallest absolute Gasteiger partial charge is 0.337 e. The summed E-state index contributed by atoms with van der Waals surface area (Å²) in [6.07, 6.45) is 5.16. The second kappa shape index (κ2) is 19.0. The zero-order valence-electron chi connectivity index (χ0n) is 35.0. The third-order valence-corrected chi connectivity index (χ3v) is 11.4. The van der Waals surface area contributed by atoms with Crippen molar-refractivity contribution in [2.45, 2.75) is 91.8 Å². The van der Waals surface area contributed by atoms with Crippen LogP contribution >= 0.6 is 0 Å². The predicted molar refractivity (Wildman–Crippen MR) is 215 cm³/mol. The predicted octanol–water partition coefficient (Wildman–Crippen LogP) is 4.93. The van der Waals surface area contributed by atoms with Crippen molar-refractivity contribution < 1.29 is 42.9 Å². The summed E-state index contributed by atoms with van der Waals surface area (Å²) in [5.41, 5.74) is 5.14. The standard InChI is InChI=1S/C42H54N8O9/c1-9-35-25(3)39(33-19-29(41(53)55-7)11-13-37(33)49(35)27(5)51)47-21-31(43-45-47)23-58-17-15-57-16-18-59-24-32-22-48(46-44-32)40-26(4)36(10-2)50(28(6)52)38-14-12-30(20-34(38)40)42(54)56-8/h11-14,19-22,25-26,35-36,39-40H,9-10,15-18,23-24H2,1-8H3/t25-,26-,35+,36+,39+,40?/m1/s1. The Balaban J connectivity index is 0.990. The molecule has 0 aliphatic carbocycles. The zero-order chi connectivity index (χ0) is 42.4. The van der Waals surface area contributed by atoms with Crippen LogP contribution in [-0.4, -0.2) is 106 Å². The number of anilines is 2. The van der Waals surface area contributed by atoms with Gasteiger partial charge >= 0.3 is 11.9 Å². The van der Waals surface area contributed by atoms with Crippen molar-refractivity contribution in [1.29, 1.82) is 0 Å². The topological polar surface area (TPSA) is 182 Å². The maximum absolute atomic E-state index is 12.8. The summed E-state index contributed by atoms with van der Waals surface area (Å²) in [6.45, 7) is 13.2. The number of esters is 2. The lowest BCUT2D eigenvalue weighted by Gasteiger charge is -2.44. The van der Waals surface area contributed by atoms with Gasteiger partial charge in [0.25, 0.3) is 0 Å². The van der Waals surface area contributed by atoms with E-state index in [0.717, 1.165) is 35.3 Å². The van der Waals surface area contributed by atoms with Crippen LogP contribution in [0.1, 0.15) is 110 Å². The Hall–Kier alpha value is -5.52. The Morgan fingerprint density at radius 1 is 0.610 bits per heavy atom. The molecule has 0 bridgehead atoms. The Kier molecular flexibility index (Phi) is 13.9. The summed E-state index contributed by atoms with van der Waals surface area (Å²) < 4.78 is 30.9. The first kappa shape index (κ1) is 43.1. The number of amides is 2. The molecule has 59 heavy (non-hydrogen) atoms. The van der Waals surface area contributed by atoms with Crippen molar-refractivity contribution in [3.05, 3.63) is 82.4 Å². The molecule has 2 amide bonds. The summed E-state index contributed by atoms with van der Waals surface area (Å²) in [7, 11) is 2.68. The molecule has 0 N–H and O–H groups in total. The number of ether oxygens (including phenoxy) is 5. The fraction of sp³-hybridized carbons (Fsp3) is 0.524. The van der Waals surface area contributed by atoms with Crippen LogP contribution in [0.3, 0.4) is 0 Å². The number of aromatic nitrogens is 6. The van der Waals surface area contributed by atoms with E-state index in [1.807, 2.05) is 22.2 Å². The molecule has 6 rings (SSSR count). The van der Waals surface area contributed by atoms with Gasteiger partial charge in [-0.1, -0.05) is 38.1 Å². The molecule has 1 unspecified atom stereocenters. The van der Waals surface area contributed by atoms with Gasteiger partial charge in [0, 0.05) is 60.3 Å². The van der Waals surface area contributed by atoms with Gasteiger partial charge in [-0.3, -0.25) is 9.59 Å². The van der Waals surface area contributed by atoms with Crippen molar-refractivity contribution in [3.63, 3.8) is 0 Å². The maximum atomic E-state index is 12.8. The first-order valence-corrected chi connectivity index (χ1v) is 20.0. The van der Waals surface area contributed by atoms with E-state index in [9.17, 15) is 19.2 Å². The van der Waals surface area contributed by atoms with Crippen molar-refractivity contribution in [2.24, 2.45) is 11.8 Å². The quantitative estimate of drug-likeness (QED) is 0.110. The summed E-state index contributed by atoms with van der Waals surface area (Å²) in [5, 5.41) is 17.6. The highest BCUT2D eigenvalue weighted by molar-refractivity contribution is 5.97. The lowest BCUT2D eigenvalue weighted by atomic mass is 9.80. The highest BCUT2D eigenvalue weighted by Crippen LogP contribution is 2.45. The summed E-state index contributed by atoms with van der Waals surface area (Å²) in [6, 6.07) is 9.82. The lowest BCUT2D eigenvalue weighted by molar-refractivity contribution is -0.118. The van der Waals surface area contributed by atoms with E-state index in [4.69, 9.17) is 23.7 Å². The lowest BCUT2D eigenvalue weighted by Crippen LogP contribution is -2.49. The minimum absolute atomic E-state index is 0.0306. The van der Waals surface area contributed by atoms with E-state index < -0.39 is 11.9 Å². The molecule has 17 nitrogen and oxygen atoms in total. The van der Waals surface area contributed by atoms with E-state index in [2.05, 4.69) is 48.3 Å². The monoisotopic (exact) mass is 814 g/mol. The number of hydrogen-bond donors (Lipinski definition) is 0. The molecule has 2 aromatic carbocycles. The molecule has 4 aromatic rings. The third kappa shape index (κ3) is 8.91. The molecule has 2 aliphatic rings. The Morgan fingerprint density at radius 2 is 1.00 bits per heavy atom. The fourth-order valence-corrected chi connectivity index (χ4v) is 8.73. The van der Waals surface area contributed by atoms with E-state index in [1.165, 1.54) is 14.2 Å². The average molecular weight is 815 g/mol. The molecule has 17 heteroatoms. The van der Waals surface area contributed by atoms with Gasteiger partial charge in [-0.25, -0.2) is 19.0 Å². The average Bonchev–Trinajstić information content (AvgIpc) is 3.90. The number of benzene rings is 2. The van der Waals surface area contributed by atoms with Gasteiger partial charge in [-0.2, -0.15) is 0 Å². The van der Waals surface area contributed by atoms with Crippen molar-refractivity contribution in [3.8, 4) is 0 Å². The molecule has 0 saturated carbocycles. The van der Waals surface area contributed by atoms with Gasteiger partial charge in [0.05, 0.1) is 89.5 Å². The zero-order valence-corrected chi connectivity index (χ0v) is 35.0. The number of rotatable bonds is 16. The largest absolute Gasteiger partial charge is 0.465 e. The summed E-state index contributed by atoms with van der Waals surface area (Å²) in [5.74, 6) is -1.10. The fourth-order valence-electron chi connectivity index (χ4n) is 8.73. The first-order chi connectivity index (χ1) is 28.4. The van der Waals surface area contributed by atoms with Crippen LogP contribution in [-0.2, 0) is 46.5 Å². The normalized spacial score (nSPS) is 21.2. The van der Waals surface area contributed by atoms with Crippen molar-refractivity contribution in [2.75, 3.05) is 50.4 Å². The van der Waals surface area contributed by atoms with Crippen molar-refractivity contribution in [1.82, 2.24) is 30.0 Å². The third-order valence-electron chi connectivity index (χ3n) is 11.4. The Morgan fingerprint density at radius 3 is 1.36 bits per heavy atom. The molecule has 316 valence electrons. The number of fused-ring (bicyclic) bond motifs is 2. The van der Waals surface area contributed by atoms with Gasteiger partial charge < -0.3 is 33.5 Å². The minimum Gasteiger partial charge on any atom is -0.465 e. The van der Waals surface area contributed by atoms with Crippen LogP contribution in [0.15, 0.2) is 48.8 Å². The maximum Gasteiger partial charge on any atom is 0.337 e. The molecule has 0 saturated heterocycles. The molecule has 2 aliphatic heterocycles. The number of carbonyl (C=O) groups excluding carboxylic acids is 4. The Bertz CT molecular complexity index is 1990. The molecule has 0 spiro atoms. The van der Waals surface area contributed by atoms with Gasteiger partial charge in [0.2, 0.25) is 11.8 Å². The van der Waals surface area contributed by atoms with E-state index in [0.29, 0.717) is 48.9 Å². The van der Waals surface area contributed by atoms with E-state index >= 15 is 0 Å². The number of nitrogens with zero attached hydrogens (tertiary/aromatic N) is 8. The van der Waals surface area contributed by atoms with Crippen LogP contribution in [0.2, 0.25) is 0 Å². The minimum atomic E-state index is -0.457. The van der Waals surface area contributed by atoms with Gasteiger partial charge in [-0.15, -0.1) is 10.2 Å². The second-order valence-corrected chi connectivity index (χ2v) is 15.0. The number of carbonyl (C=O) groups is 4. The molecule has 0 fully saturated rings. The van der Waals surface area contributed by atoms with Gasteiger partial charge in [-0.05, 0) is 49.2 Å². The molecule has 6 atom stereocenters. The summed E-state index contributed by atoms with van der Waals surface area (Å²) >= 11 is 0. The van der Waals surface area contributed by atoms with Crippen LogP contribution in [0.25, 0.3) is 0 Å². The SMILES string of the molecule is CC[C@H]1[C@@H](C)[C@H](n2cc(COCCOCCOCc3cn(C4c5cc(C(=O)OC)ccc5N(C(C)=O)[C@@H](CC)[C@H]4C)nn3)nn2)c2cc(C(=O)OC)ccc2N1C(C)=O. The Labute approximate surface area is 343 Å². The van der Waals surface area contributed by atoms with Gasteiger partial charge in [0.15, 0.2) is 0 Å². The highest BCUT2D eigenvalue weighted by atomic mass is 16.5. The van der Waals surface area contributed by atoms with Crippen LogP contribution in [0, 0.1) is 11.8 Å². The first-order valence-electron chi connectivity index (χ1n) is 20.0. The van der Waals surface area contributed by atoms with Gasteiger partial charge in [0.1, 0.15) is 11.4 Å². The van der Waals surface area contributed by atoms with E-state index in [1.54, 1.807) is 59.6 Å². The summed E-state index contributed by atoms with van der Waals surface area (Å²) in [4.78, 5) is 54.1. The molecule has 4 heterocycles. The van der Waals surface area contributed by atoms with Crippen LogP contribution in [0.4, 0.5) is 11.4 Å². The molecule has 2 aromatic heterocycles. The molecular weight excluding hydrogens is 761 g/mol. The highest BCUT2D eigenvalue weighted by Gasteiger charge is 2.43. The number of methoxy groups -OCH3 is 2. The van der Waals surface area contributed by atoms with Crippen LogP contribution < -0.4 is 9.80 Å². The van der Waals surface area contributed by atoms with Crippen LogP contribution in [0.5, 0.6) is 0 Å². The van der Waals surface area contributed by atoms with Crippen molar-refractivity contribution >= 4 is 35.1 Å².